The fraction of sp³-hybridized carbons (Fsp3) is 0.583. The third kappa shape index (κ3) is 2.44. The zero-order valence-electron chi connectivity index (χ0n) is 9.73. The number of aliphatic hydroxyl groups is 1. The maximum atomic E-state index is 9.20. The lowest BCUT2D eigenvalue weighted by Crippen LogP contribution is -2.33. The van der Waals surface area contributed by atoms with Gasteiger partial charge in [-0.1, -0.05) is 0 Å². The Hall–Kier alpha value is -1.29. The molecule has 4 nitrogen and oxygen atoms in total. The molecular weight excluding hydrogens is 204 g/mol. The summed E-state index contributed by atoms with van der Waals surface area (Å²) in [7, 11) is 1.64. The summed E-state index contributed by atoms with van der Waals surface area (Å²) in [5.41, 5.74) is 1.95. The summed E-state index contributed by atoms with van der Waals surface area (Å²) >= 11 is 0. The fourth-order valence-electron chi connectivity index (χ4n) is 1.97. The highest BCUT2D eigenvalue weighted by molar-refractivity contribution is 5.55. The normalized spacial score (nSPS) is 23.7. The number of nitrogens with zero attached hydrogens (tertiary/aromatic N) is 1. The summed E-state index contributed by atoms with van der Waals surface area (Å²) < 4.78 is 5.23. The highest BCUT2D eigenvalue weighted by atomic mass is 16.5. The van der Waals surface area contributed by atoms with Crippen molar-refractivity contribution in [1.29, 1.82) is 0 Å². The van der Waals surface area contributed by atoms with Gasteiger partial charge in [0.1, 0.15) is 0 Å². The fourth-order valence-corrected chi connectivity index (χ4v) is 1.97. The Bertz CT molecular complexity index is 362. The number of hydrogen-bond donors (Lipinski definition) is 2. The van der Waals surface area contributed by atoms with Gasteiger partial charge >= 0.3 is 0 Å². The summed E-state index contributed by atoms with van der Waals surface area (Å²) in [5, 5.41) is 12.5. The van der Waals surface area contributed by atoms with Gasteiger partial charge in [0.25, 0.3) is 0 Å². The Kier molecular flexibility index (Phi) is 3.29. The Morgan fingerprint density at radius 1 is 1.56 bits per heavy atom. The van der Waals surface area contributed by atoms with Gasteiger partial charge in [0.15, 0.2) is 5.75 Å². The Morgan fingerprint density at radius 2 is 2.31 bits per heavy atom. The summed E-state index contributed by atoms with van der Waals surface area (Å²) in [6.07, 6.45) is 3.44. The molecule has 2 N–H and O–H groups in total. The average Bonchev–Trinajstić information content (AvgIpc) is 2.23. The third-order valence-electron chi connectivity index (χ3n) is 3.02. The molecule has 1 aromatic rings. The molecule has 16 heavy (non-hydrogen) atoms. The number of rotatable bonds is 4. The van der Waals surface area contributed by atoms with Gasteiger partial charge in [-0.25, -0.2) is 0 Å². The SMILES string of the molecule is COc1cnc(C)cc1NCC1CC(O)C1. The molecule has 0 amide bonds. The smallest absolute Gasteiger partial charge is 0.160 e. The number of ether oxygens (including phenoxy) is 1. The second-order valence-electron chi connectivity index (χ2n) is 4.40. The van der Waals surface area contributed by atoms with E-state index in [0.29, 0.717) is 5.92 Å². The van der Waals surface area contributed by atoms with E-state index in [0.717, 1.165) is 36.5 Å². The molecule has 1 aromatic heterocycles. The van der Waals surface area contributed by atoms with E-state index in [1.54, 1.807) is 13.3 Å². The predicted molar refractivity (Wildman–Crippen MR) is 62.7 cm³/mol. The van der Waals surface area contributed by atoms with Crippen LogP contribution in [0, 0.1) is 12.8 Å². The molecule has 1 aliphatic carbocycles. The first-order valence-corrected chi connectivity index (χ1v) is 5.61. The Balaban J connectivity index is 1.94. The van der Waals surface area contributed by atoms with E-state index >= 15 is 0 Å². The standard InChI is InChI=1S/C12H18N2O2/c1-8-3-11(12(16-2)7-13-8)14-6-9-4-10(15)5-9/h3,7,9-10,15H,4-6H2,1-2H3,(H,13,14). The van der Waals surface area contributed by atoms with Crippen molar-refractivity contribution in [3.8, 4) is 5.75 Å². The van der Waals surface area contributed by atoms with Crippen molar-refractivity contribution in [3.05, 3.63) is 18.0 Å². The van der Waals surface area contributed by atoms with Gasteiger partial charge < -0.3 is 15.2 Å². The van der Waals surface area contributed by atoms with Crippen LogP contribution in [0.15, 0.2) is 12.3 Å². The second-order valence-corrected chi connectivity index (χ2v) is 4.40. The minimum absolute atomic E-state index is 0.0899. The van der Waals surface area contributed by atoms with Crippen molar-refractivity contribution in [3.63, 3.8) is 0 Å². The summed E-state index contributed by atoms with van der Waals surface area (Å²) in [6, 6.07) is 1.98. The van der Waals surface area contributed by atoms with E-state index in [9.17, 15) is 5.11 Å². The van der Waals surface area contributed by atoms with E-state index in [-0.39, 0.29) is 6.10 Å². The number of methoxy groups -OCH3 is 1. The Labute approximate surface area is 95.7 Å². The largest absolute Gasteiger partial charge is 0.493 e. The molecule has 1 fully saturated rings. The first kappa shape index (κ1) is 11.2. The molecule has 4 heteroatoms. The van der Waals surface area contributed by atoms with Crippen LogP contribution in [0.5, 0.6) is 5.75 Å². The first-order valence-electron chi connectivity index (χ1n) is 5.61. The van der Waals surface area contributed by atoms with Crippen molar-refractivity contribution >= 4 is 5.69 Å². The van der Waals surface area contributed by atoms with Crippen molar-refractivity contribution in [2.45, 2.75) is 25.9 Å². The minimum atomic E-state index is -0.0899. The number of nitrogens with one attached hydrogen (secondary N) is 1. The maximum Gasteiger partial charge on any atom is 0.160 e. The number of aryl methyl sites for hydroxylation is 1. The molecule has 0 spiro atoms. The van der Waals surface area contributed by atoms with Crippen LogP contribution >= 0.6 is 0 Å². The van der Waals surface area contributed by atoms with Gasteiger partial charge in [-0.15, -0.1) is 0 Å². The van der Waals surface area contributed by atoms with Gasteiger partial charge in [0.05, 0.1) is 25.1 Å². The van der Waals surface area contributed by atoms with Gasteiger partial charge in [-0.2, -0.15) is 0 Å². The number of aromatic nitrogens is 1. The monoisotopic (exact) mass is 222 g/mol. The van der Waals surface area contributed by atoms with Crippen LogP contribution in [0.4, 0.5) is 5.69 Å². The van der Waals surface area contributed by atoms with E-state index in [1.165, 1.54) is 0 Å². The molecule has 0 aromatic carbocycles. The van der Waals surface area contributed by atoms with Crippen LogP contribution in [-0.4, -0.2) is 29.8 Å². The molecule has 0 atom stereocenters. The number of anilines is 1. The number of pyridine rings is 1. The van der Waals surface area contributed by atoms with Crippen LogP contribution in [0.3, 0.4) is 0 Å². The highest BCUT2D eigenvalue weighted by Crippen LogP contribution is 2.29. The zero-order valence-corrected chi connectivity index (χ0v) is 9.73. The van der Waals surface area contributed by atoms with E-state index in [2.05, 4.69) is 10.3 Å². The molecule has 2 rings (SSSR count). The molecule has 0 radical (unpaired) electrons. The van der Waals surface area contributed by atoms with E-state index in [1.807, 2.05) is 13.0 Å². The van der Waals surface area contributed by atoms with E-state index < -0.39 is 0 Å². The highest BCUT2D eigenvalue weighted by Gasteiger charge is 2.26. The van der Waals surface area contributed by atoms with Gasteiger partial charge in [0.2, 0.25) is 0 Å². The van der Waals surface area contributed by atoms with Crippen LogP contribution in [0.1, 0.15) is 18.5 Å². The lowest BCUT2D eigenvalue weighted by molar-refractivity contribution is 0.0487. The van der Waals surface area contributed by atoms with Crippen LogP contribution in [0.25, 0.3) is 0 Å². The average molecular weight is 222 g/mol. The van der Waals surface area contributed by atoms with Gasteiger partial charge in [-0.05, 0) is 31.7 Å². The van der Waals surface area contributed by atoms with Crippen molar-refractivity contribution in [1.82, 2.24) is 4.98 Å². The quantitative estimate of drug-likeness (QED) is 0.812. The van der Waals surface area contributed by atoms with Gasteiger partial charge in [-0.3, -0.25) is 4.98 Å². The predicted octanol–water partition coefficient (Wildman–Crippen LogP) is 1.58. The van der Waals surface area contributed by atoms with Crippen LogP contribution < -0.4 is 10.1 Å². The summed E-state index contributed by atoms with van der Waals surface area (Å²) in [6.45, 7) is 2.84. The molecule has 1 heterocycles. The molecule has 1 saturated carbocycles. The Morgan fingerprint density at radius 3 is 2.94 bits per heavy atom. The lowest BCUT2D eigenvalue weighted by atomic mass is 9.82. The molecule has 0 aliphatic heterocycles. The lowest BCUT2D eigenvalue weighted by Gasteiger charge is -2.31. The minimum Gasteiger partial charge on any atom is -0.493 e. The zero-order chi connectivity index (χ0) is 11.5. The molecule has 0 saturated heterocycles. The van der Waals surface area contributed by atoms with Crippen LogP contribution in [0.2, 0.25) is 0 Å². The topological polar surface area (TPSA) is 54.4 Å². The van der Waals surface area contributed by atoms with Crippen molar-refractivity contribution < 1.29 is 9.84 Å². The summed E-state index contributed by atoms with van der Waals surface area (Å²) in [5.74, 6) is 1.35. The van der Waals surface area contributed by atoms with Gasteiger partial charge in [0, 0.05) is 12.2 Å². The first-order chi connectivity index (χ1) is 7.69. The van der Waals surface area contributed by atoms with Crippen molar-refractivity contribution in [2.75, 3.05) is 19.0 Å². The summed E-state index contributed by atoms with van der Waals surface area (Å²) in [4.78, 5) is 4.18. The second kappa shape index (κ2) is 4.70. The van der Waals surface area contributed by atoms with Crippen LogP contribution in [-0.2, 0) is 0 Å². The molecule has 0 bridgehead atoms. The maximum absolute atomic E-state index is 9.20. The number of aliphatic hydroxyl groups excluding tert-OH is 1. The third-order valence-corrected chi connectivity index (χ3v) is 3.02. The molecule has 1 aliphatic rings. The molecule has 88 valence electrons. The van der Waals surface area contributed by atoms with E-state index in [4.69, 9.17) is 4.74 Å². The number of hydrogen-bond acceptors (Lipinski definition) is 4. The molecular formula is C12H18N2O2. The molecule has 0 unspecified atom stereocenters. The van der Waals surface area contributed by atoms with Crippen molar-refractivity contribution in [2.24, 2.45) is 5.92 Å².